The Kier molecular flexibility index (Phi) is 4.18. The van der Waals surface area contributed by atoms with Gasteiger partial charge < -0.3 is 4.90 Å². The van der Waals surface area contributed by atoms with Gasteiger partial charge in [0.15, 0.2) is 0 Å². The first-order chi connectivity index (χ1) is 11.8. The molecule has 0 N–H and O–H groups in total. The Morgan fingerprint density at radius 3 is 2.75 bits per heavy atom. The van der Waals surface area contributed by atoms with E-state index in [4.69, 9.17) is 5.26 Å². The van der Waals surface area contributed by atoms with Crippen molar-refractivity contribution in [2.24, 2.45) is 0 Å². The van der Waals surface area contributed by atoms with Gasteiger partial charge in [0.05, 0.1) is 11.6 Å². The second-order valence-corrected chi connectivity index (χ2v) is 6.64. The molecule has 4 rings (SSSR count). The van der Waals surface area contributed by atoms with Crippen LogP contribution < -0.4 is 4.90 Å². The molecule has 0 amide bonds. The van der Waals surface area contributed by atoms with Crippen LogP contribution in [-0.2, 0) is 6.42 Å². The van der Waals surface area contributed by atoms with Gasteiger partial charge in [-0.25, -0.2) is 4.98 Å². The summed E-state index contributed by atoms with van der Waals surface area (Å²) < 4.78 is 0. The van der Waals surface area contributed by atoms with Crippen LogP contribution in [0.2, 0.25) is 0 Å². The van der Waals surface area contributed by atoms with Crippen molar-refractivity contribution in [1.82, 2.24) is 9.88 Å². The first-order valence-electron chi connectivity index (χ1n) is 8.78. The fourth-order valence-electron chi connectivity index (χ4n) is 4.03. The van der Waals surface area contributed by atoms with Gasteiger partial charge >= 0.3 is 0 Å². The van der Waals surface area contributed by atoms with Crippen LogP contribution in [0.1, 0.15) is 35.6 Å². The van der Waals surface area contributed by atoms with Crippen LogP contribution in [0.5, 0.6) is 0 Å². The zero-order chi connectivity index (χ0) is 16.4. The molecule has 24 heavy (non-hydrogen) atoms. The Morgan fingerprint density at radius 1 is 1.08 bits per heavy atom. The molecule has 1 saturated heterocycles. The van der Waals surface area contributed by atoms with E-state index in [-0.39, 0.29) is 0 Å². The maximum atomic E-state index is 9.06. The van der Waals surface area contributed by atoms with Crippen molar-refractivity contribution in [3.05, 3.63) is 59.3 Å². The van der Waals surface area contributed by atoms with Crippen molar-refractivity contribution in [3.8, 4) is 6.07 Å². The molecule has 0 radical (unpaired) electrons. The SMILES string of the molecule is N#Cc1ccnc(N2CCN([C@@H]3CCCc4ccccc43)CC2)c1. The standard InChI is InChI=1S/C20H22N4/c21-15-16-8-9-22-20(14-16)24-12-10-23(11-13-24)19-7-3-5-17-4-1-2-6-18(17)19/h1-2,4,6,8-9,14,19H,3,5,7,10-13H2/t19-/m1/s1. The van der Waals surface area contributed by atoms with Crippen molar-refractivity contribution in [1.29, 1.82) is 5.26 Å². The number of pyridine rings is 1. The highest BCUT2D eigenvalue weighted by atomic mass is 15.3. The van der Waals surface area contributed by atoms with E-state index in [0.29, 0.717) is 11.6 Å². The van der Waals surface area contributed by atoms with E-state index < -0.39 is 0 Å². The van der Waals surface area contributed by atoms with Crippen LogP contribution in [0.3, 0.4) is 0 Å². The lowest BCUT2D eigenvalue weighted by atomic mass is 9.86. The Balaban J connectivity index is 1.46. The average molecular weight is 318 g/mol. The van der Waals surface area contributed by atoms with E-state index in [0.717, 1.165) is 32.0 Å². The lowest BCUT2D eigenvalue weighted by Crippen LogP contribution is -2.48. The molecule has 2 aromatic rings. The predicted molar refractivity (Wildman–Crippen MR) is 94.9 cm³/mol. The number of hydrogen-bond donors (Lipinski definition) is 0. The van der Waals surface area contributed by atoms with Crippen LogP contribution in [0.4, 0.5) is 5.82 Å². The van der Waals surface area contributed by atoms with Gasteiger partial charge in [0.2, 0.25) is 0 Å². The zero-order valence-electron chi connectivity index (χ0n) is 13.9. The molecule has 122 valence electrons. The molecule has 1 fully saturated rings. The molecule has 1 atom stereocenters. The summed E-state index contributed by atoms with van der Waals surface area (Å²) in [5.41, 5.74) is 3.74. The molecule has 0 bridgehead atoms. The van der Waals surface area contributed by atoms with E-state index in [9.17, 15) is 0 Å². The zero-order valence-corrected chi connectivity index (χ0v) is 13.9. The molecule has 0 spiro atoms. The van der Waals surface area contributed by atoms with E-state index in [1.54, 1.807) is 12.3 Å². The van der Waals surface area contributed by atoms with Gasteiger partial charge in [-0.05, 0) is 42.5 Å². The van der Waals surface area contributed by atoms with Gasteiger partial charge in [0.1, 0.15) is 5.82 Å². The van der Waals surface area contributed by atoms with Gasteiger partial charge in [0.25, 0.3) is 0 Å². The molecule has 4 heteroatoms. The molecule has 2 aliphatic rings. The normalized spacial score (nSPS) is 21.1. The second-order valence-electron chi connectivity index (χ2n) is 6.64. The Labute approximate surface area is 143 Å². The summed E-state index contributed by atoms with van der Waals surface area (Å²) in [7, 11) is 0. The summed E-state index contributed by atoms with van der Waals surface area (Å²) in [6.07, 6.45) is 5.50. The van der Waals surface area contributed by atoms with Crippen LogP contribution in [-0.4, -0.2) is 36.1 Å². The number of benzene rings is 1. The van der Waals surface area contributed by atoms with E-state index >= 15 is 0 Å². The number of aryl methyl sites for hydroxylation is 1. The molecular weight excluding hydrogens is 296 g/mol. The third kappa shape index (κ3) is 2.88. The lowest BCUT2D eigenvalue weighted by molar-refractivity contribution is 0.168. The van der Waals surface area contributed by atoms with Gasteiger partial charge in [-0.15, -0.1) is 0 Å². The minimum atomic E-state index is 0.565. The Morgan fingerprint density at radius 2 is 1.92 bits per heavy atom. The highest BCUT2D eigenvalue weighted by Crippen LogP contribution is 2.34. The molecule has 2 heterocycles. The molecular formula is C20H22N4. The van der Waals surface area contributed by atoms with E-state index in [2.05, 4.69) is 45.1 Å². The number of aromatic nitrogens is 1. The van der Waals surface area contributed by atoms with E-state index in [1.807, 2.05) is 6.07 Å². The molecule has 4 nitrogen and oxygen atoms in total. The number of fused-ring (bicyclic) bond motifs is 1. The third-order valence-corrected chi connectivity index (χ3v) is 5.29. The monoisotopic (exact) mass is 318 g/mol. The van der Waals surface area contributed by atoms with Gasteiger partial charge in [-0.2, -0.15) is 5.26 Å². The molecule has 0 unspecified atom stereocenters. The summed E-state index contributed by atoms with van der Waals surface area (Å²) in [6, 6.07) is 15.3. The fourth-order valence-corrected chi connectivity index (χ4v) is 4.03. The van der Waals surface area contributed by atoms with Crippen LogP contribution >= 0.6 is 0 Å². The molecule has 0 saturated carbocycles. The van der Waals surface area contributed by atoms with Gasteiger partial charge in [-0.1, -0.05) is 24.3 Å². The lowest BCUT2D eigenvalue weighted by Gasteiger charge is -2.41. The van der Waals surface area contributed by atoms with E-state index in [1.165, 1.54) is 30.4 Å². The average Bonchev–Trinajstić information content (AvgIpc) is 2.68. The quantitative estimate of drug-likeness (QED) is 0.853. The van der Waals surface area contributed by atoms with Gasteiger partial charge in [0, 0.05) is 38.4 Å². The third-order valence-electron chi connectivity index (χ3n) is 5.29. The number of piperazine rings is 1. The highest BCUT2D eigenvalue weighted by molar-refractivity contribution is 5.45. The van der Waals surface area contributed by atoms with Crippen molar-refractivity contribution in [3.63, 3.8) is 0 Å². The largest absolute Gasteiger partial charge is 0.354 e. The van der Waals surface area contributed by atoms with Crippen LogP contribution in [0, 0.1) is 11.3 Å². The van der Waals surface area contributed by atoms with Crippen molar-refractivity contribution in [2.75, 3.05) is 31.1 Å². The minimum absolute atomic E-state index is 0.565. The predicted octanol–water partition coefficient (Wildman–Crippen LogP) is 3.15. The van der Waals surface area contributed by atoms with Gasteiger partial charge in [-0.3, -0.25) is 4.90 Å². The Bertz CT molecular complexity index is 756. The number of hydrogen-bond acceptors (Lipinski definition) is 4. The molecule has 1 aromatic heterocycles. The number of nitrogens with zero attached hydrogens (tertiary/aromatic N) is 4. The first-order valence-corrected chi connectivity index (χ1v) is 8.78. The summed E-state index contributed by atoms with van der Waals surface area (Å²) in [4.78, 5) is 9.37. The Hall–Kier alpha value is -2.38. The molecule has 1 aromatic carbocycles. The topological polar surface area (TPSA) is 43.2 Å². The number of nitriles is 1. The van der Waals surface area contributed by atoms with Crippen LogP contribution in [0.25, 0.3) is 0 Å². The number of rotatable bonds is 2. The first kappa shape index (κ1) is 15.2. The summed E-state index contributed by atoms with van der Waals surface area (Å²) >= 11 is 0. The molecule has 1 aliphatic heterocycles. The minimum Gasteiger partial charge on any atom is -0.354 e. The second kappa shape index (κ2) is 6.62. The van der Waals surface area contributed by atoms with Crippen molar-refractivity contribution >= 4 is 5.82 Å². The summed E-state index contributed by atoms with van der Waals surface area (Å²) in [5, 5.41) is 9.06. The fraction of sp³-hybridized carbons (Fsp3) is 0.400. The smallest absolute Gasteiger partial charge is 0.129 e. The van der Waals surface area contributed by atoms with Crippen molar-refractivity contribution in [2.45, 2.75) is 25.3 Å². The maximum absolute atomic E-state index is 9.06. The maximum Gasteiger partial charge on any atom is 0.129 e. The van der Waals surface area contributed by atoms with Crippen molar-refractivity contribution < 1.29 is 0 Å². The number of anilines is 1. The molecule has 1 aliphatic carbocycles. The summed E-state index contributed by atoms with van der Waals surface area (Å²) in [5.74, 6) is 0.928. The highest BCUT2D eigenvalue weighted by Gasteiger charge is 2.28. The summed E-state index contributed by atoms with van der Waals surface area (Å²) in [6.45, 7) is 4.05. The van der Waals surface area contributed by atoms with Crippen LogP contribution in [0.15, 0.2) is 42.6 Å².